The van der Waals surface area contributed by atoms with E-state index in [1.807, 2.05) is 0 Å². The molecule has 22 unspecified atom stereocenters. The second kappa shape index (κ2) is 22.4. The van der Waals surface area contributed by atoms with Gasteiger partial charge in [-0.3, -0.25) is 0 Å². The molecule has 0 radical (unpaired) electrons. The van der Waals surface area contributed by atoms with Crippen molar-refractivity contribution in [1.82, 2.24) is 0 Å². The molecule has 1 heteroatoms. The Kier molecular flexibility index (Phi) is 17.6. The van der Waals surface area contributed by atoms with Crippen LogP contribution in [0.1, 0.15) is 275 Å². The van der Waals surface area contributed by atoms with E-state index in [9.17, 15) is 0 Å². The second-order valence-corrected chi connectivity index (χ2v) is 36.5. The van der Waals surface area contributed by atoms with Crippen molar-refractivity contribution in [2.45, 2.75) is 299 Å². The average molecular weight is 968 g/mol. The van der Waals surface area contributed by atoms with E-state index in [0.717, 1.165) is 129 Å². The van der Waals surface area contributed by atoms with Gasteiger partial charge in [-0.2, -0.15) is 0 Å². The smallest absolute Gasteiger partial charge is 0.0546 e. The maximum atomic E-state index is 2.93. The molecule has 0 aromatic carbocycles. The molecule has 398 valence electrons. The van der Waals surface area contributed by atoms with E-state index in [0.29, 0.717) is 10.8 Å². The van der Waals surface area contributed by atoms with Gasteiger partial charge in [0.2, 0.25) is 0 Å². The minimum absolute atomic E-state index is 0. The predicted molar refractivity (Wildman–Crippen MR) is 304 cm³/mol. The van der Waals surface area contributed by atoms with E-state index < -0.39 is 8.07 Å². The highest BCUT2D eigenvalue weighted by atomic mass is 28.3. The fourth-order valence-electron chi connectivity index (χ4n) is 24.0. The van der Waals surface area contributed by atoms with Crippen molar-refractivity contribution in [1.29, 1.82) is 0 Å². The van der Waals surface area contributed by atoms with Crippen LogP contribution in [-0.4, -0.2) is 8.07 Å². The Bertz CT molecular complexity index is 1490. The molecule has 0 N–H and O–H groups in total. The van der Waals surface area contributed by atoms with E-state index in [1.54, 1.807) is 173 Å². The first-order valence-electron chi connectivity index (χ1n) is 32.6. The van der Waals surface area contributed by atoms with Crippen molar-refractivity contribution < 1.29 is 0 Å². The van der Waals surface area contributed by atoms with Crippen LogP contribution in [0.25, 0.3) is 0 Å². The zero-order valence-corrected chi connectivity index (χ0v) is 48.5. The van der Waals surface area contributed by atoms with Gasteiger partial charge in [0.25, 0.3) is 0 Å². The van der Waals surface area contributed by atoms with Crippen LogP contribution in [0.2, 0.25) is 24.2 Å². The monoisotopic (exact) mass is 967 g/mol. The fourth-order valence-corrected chi connectivity index (χ4v) is 30.7. The van der Waals surface area contributed by atoms with Gasteiger partial charge >= 0.3 is 0 Å². The normalized spacial score (nSPS) is 48.3. The summed E-state index contributed by atoms with van der Waals surface area (Å²) in [5.41, 5.74) is 3.31. The minimum atomic E-state index is -1.29. The maximum Gasteiger partial charge on any atom is 0.0546 e. The summed E-state index contributed by atoms with van der Waals surface area (Å²) in [4.78, 5) is 0. The van der Waals surface area contributed by atoms with E-state index in [1.165, 1.54) is 38.5 Å². The van der Waals surface area contributed by atoms with E-state index in [2.05, 4.69) is 68.5 Å². The lowest BCUT2D eigenvalue weighted by Crippen LogP contribution is -2.48. The van der Waals surface area contributed by atoms with Gasteiger partial charge in [-0.25, -0.2) is 0 Å². The SMILES string of the molecule is C.C1CCC2C(C1)CCC2CC1CCC2CCCCC21.CC1CC2C3CCCCC3CCC2C1[Si](C)(C)C1C(C)CC2C3CCCCC3CCC21.CC1CCC(C(C)(C)C(C)(C)C2CCC(C)C2)C1. The molecule has 0 nitrogen and oxygen atoms in total. The Morgan fingerprint density at radius 1 is 0.333 bits per heavy atom. The first kappa shape index (κ1) is 54.0. The lowest BCUT2D eigenvalue weighted by Gasteiger charge is -2.51. The van der Waals surface area contributed by atoms with Gasteiger partial charge in [0.05, 0.1) is 8.07 Å². The second-order valence-electron chi connectivity index (χ2n) is 31.5. The molecular formula is C68H122Si. The topological polar surface area (TPSA) is 0 Å². The van der Waals surface area contributed by atoms with E-state index in [-0.39, 0.29) is 7.43 Å². The molecule has 12 aliphatic rings. The molecule has 0 bridgehead atoms. The van der Waals surface area contributed by atoms with Gasteiger partial charge in [-0.15, -0.1) is 0 Å². The molecule has 0 saturated heterocycles. The zero-order valence-electron chi connectivity index (χ0n) is 47.5. The summed E-state index contributed by atoms with van der Waals surface area (Å²) in [7, 11) is -1.29. The van der Waals surface area contributed by atoms with Gasteiger partial charge in [0, 0.05) is 0 Å². The van der Waals surface area contributed by atoms with Crippen LogP contribution in [0, 0.1) is 129 Å². The highest BCUT2D eigenvalue weighted by Gasteiger charge is 2.61. The molecule has 0 spiro atoms. The molecule has 0 heterocycles. The molecule has 12 aliphatic carbocycles. The largest absolute Gasteiger partial charge is 0.0776 e. The Hall–Kier alpha value is 0.217. The Morgan fingerprint density at radius 2 is 0.667 bits per heavy atom. The van der Waals surface area contributed by atoms with E-state index >= 15 is 0 Å². The summed E-state index contributed by atoms with van der Waals surface area (Å²) in [5, 5.41) is 0. The van der Waals surface area contributed by atoms with Gasteiger partial charge in [-0.1, -0.05) is 166 Å². The van der Waals surface area contributed by atoms with Crippen LogP contribution in [0.3, 0.4) is 0 Å². The third kappa shape index (κ3) is 10.7. The van der Waals surface area contributed by atoms with Gasteiger partial charge in [-0.05, 0) is 262 Å². The summed E-state index contributed by atoms with van der Waals surface area (Å²) < 4.78 is 0. The number of rotatable bonds is 7. The van der Waals surface area contributed by atoms with Crippen molar-refractivity contribution in [3.8, 4) is 0 Å². The van der Waals surface area contributed by atoms with Crippen molar-refractivity contribution in [3.05, 3.63) is 0 Å². The van der Waals surface area contributed by atoms with Gasteiger partial charge in [0.1, 0.15) is 0 Å². The van der Waals surface area contributed by atoms with Crippen LogP contribution in [0.15, 0.2) is 0 Å². The highest BCUT2D eigenvalue weighted by Crippen LogP contribution is 2.68. The molecule has 12 fully saturated rings. The first-order valence-corrected chi connectivity index (χ1v) is 35.8. The van der Waals surface area contributed by atoms with Crippen LogP contribution >= 0.6 is 0 Å². The Morgan fingerprint density at radius 3 is 1.03 bits per heavy atom. The Labute approximate surface area is 434 Å². The molecule has 69 heavy (non-hydrogen) atoms. The highest BCUT2D eigenvalue weighted by molar-refractivity contribution is 6.80. The molecular weight excluding hydrogens is 845 g/mol. The minimum Gasteiger partial charge on any atom is -0.0776 e. The van der Waals surface area contributed by atoms with Crippen molar-refractivity contribution in [2.24, 2.45) is 129 Å². The van der Waals surface area contributed by atoms with Crippen molar-refractivity contribution in [2.75, 3.05) is 0 Å². The van der Waals surface area contributed by atoms with Crippen LogP contribution < -0.4 is 0 Å². The van der Waals surface area contributed by atoms with Crippen molar-refractivity contribution >= 4 is 8.07 Å². The van der Waals surface area contributed by atoms with E-state index in [4.69, 9.17) is 0 Å². The molecule has 12 saturated carbocycles. The first-order chi connectivity index (χ1) is 32.6. The lowest BCUT2D eigenvalue weighted by molar-refractivity contribution is -0.0108. The van der Waals surface area contributed by atoms with Crippen LogP contribution in [-0.2, 0) is 0 Å². The summed E-state index contributed by atoms with van der Waals surface area (Å²) in [6, 6.07) is 0. The van der Waals surface area contributed by atoms with Gasteiger partial charge < -0.3 is 0 Å². The number of hydrogen-bond acceptors (Lipinski definition) is 0. The molecule has 0 aromatic heterocycles. The third-order valence-electron chi connectivity index (χ3n) is 27.7. The number of hydrogen-bond donors (Lipinski definition) is 0. The standard InChI is InChI=1S/C30H52Si.C19H32.C18H34.CH4/c1-19-17-27-23-11-7-5-9-21(23)13-15-25(27)29(19)31(3,4)30-20(2)18-28-24-12-8-6-10-22(24)14-16-26(28)30;1-3-7-18-14(5-1)9-11-16(18)13-17-12-10-15-6-2-4-8-19(15)17;1-13-7-9-15(11-13)17(3,4)18(5,6)16-10-8-14(2)12-16;/h19-30H,5-18H2,1-4H3;14-19H,1-13H2;13-16H,7-12H2,1-6H3;1H4. The average Bonchev–Trinajstić information content (AvgIpc) is 4.21. The summed E-state index contributed by atoms with van der Waals surface area (Å²) >= 11 is 0. The van der Waals surface area contributed by atoms with Crippen LogP contribution in [0.5, 0.6) is 0 Å². The summed E-state index contributed by atoms with van der Waals surface area (Å²) in [6.07, 6.45) is 51.6. The summed E-state index contributed by atoms with van der Waals surface area (Å²) in [6.45, 7) is 26.5. The molecule has 0 aromatic rings. The van der Waals surface area contributed by atoms with Crippen molar-refractivity contribution in [3.63, 3.8) is 0 Å². The molecule has 12 rings (SSSR count). The Balaban J connectivity index is 0.000000136. The molecule has 0 amide bonds. The van der Waals surface area contributed by atoms with Crippen LogP contribution in [0.4, 0.5) is 0 Å². The molecule has 0 aliphatic heterocycles. The fraction of sp³-hybridized carbons (Fsp3) is 1.00. The van der Waals surface area contributed by atoms with Gasteiger partial charge in [0.15, 0.2) is 0 Å². The summed E-state index contributed by atoms with van der Waals surface area (Å²) in [5.74, 6) is 21.9. The number of fused-ring (bicyclic) bond motifs is 8. The molecule has 22 atom stereocenters. The third-order valence-corrected chi connectivity index (χ3v) is 33.1. The quantitative estimate of drug-likeness (QED) is 0.223. The predicted octanol–water partition coefficient (Wildman–Crippen LogP) is 21.5. The lowest BCUT2D eigenvalue weighted by atomic mass is 9.55. The zero-order chi connectivity index (χ0) is 47.5. The maximum absolute atomic E-state index is 2.93.